The van der Waals surface area contributed by atoms with Crippen molar-refractivity contribution in [1.82, 2.24) is 15.1 Å². The van der Waals surface area contributed by atoms with Crippen LogP contribution >= 0.6 is 0 Å². The molecule has 2 unspecified atom stereocenters. The summed E-state index contributed by atoms with van der Waals surface area (Å²) in [5.41, 5.74) is 0. The van der Waals surface area contributed by atoms with E-state index in [1.807, 2.05) is 4.90 Å². The molecule has 4 heteroatoms. The van der Waals surface area contributed by atoms with Crippen LogP contribution in [-0.4, -0.2) is 54.1 Å². The van der Waals surface area contributed by atoms with Crippen molar-refractivity contribution in [2.75, 3.05) is 26.3 Å². The van der Waals surface area contributed by atoms with Gasteiger partial charge in [0.1, 0.15) is 0 Å². The predicted molar refractivity (Wildman–Crippen MR) is 64.1 cm³/mol. The maximum atomic E-state index is 12.0. The molecule has 0 bridgehead atoms. The highest BCUT2D eigenvalue weighted by molar-refractivity contribution is 5.83. The van der Waals surface area contributed by atoms with Gasteiger partial charge in [0.25, 0.3) is 0 Å². The quantitative estimate of drug-likeness (QED) is 0.762. The standard InChI is InChI=1S/C12H23N3O/c1-3-11-12(16)15(9-13-11)10(2)8-14-6-4-5-7-14/h10-11,13H,3-9H2,1-2H3. The molecule has 0 radical (unpaired) electrons. The van der Waals surface area contributed by atoms with E-state index in [0.29, 0.717) is 6.04 Å². The number of hydrogen-bond acceptors (Lipinski definition) is 3. The zero-order chi connectivity index (χ0) is 11.5. The van der Waals surface area contributed by atoms with Crippen molar-refractivity contribution < 1.29 is 4.79 Å². The van der Waals surface area contributed by atoms with Crippen molar-refractivity contribution in [1.29, 1.82) is 0 Å². The molecule has 0 aromatic rings. The topological polar surface area (TPSA) is 35.6 Å². The van der Waals surface area contributed by atoms with Crippen LogP contribution < -0.4 is 5.32 Å². The van der Waals surface area contributed by atoms with E-state index in [1.165, 1.54) is 25.9 Å². The largest absolute Gasteiger partial charge is 0.325 e. The lowest BCUT2D eigenvalue weighted by Gasteiger charge is -2.28. The number of hydrogen-bond donors (Lipinski definition) is 1. The SMILES string of the molecule is CCC1NCN(C(C)CN2CCCC2)C1=O. The Hall–Kier alpha value is -0.610. The highest BCUT2D eigenvalue weighted by Crippen LogP contribution is 2.14. The molecule has 16 heavy (non-hydrogen) atoms. The van der Waals surface area contributed by atoms with E-state index in [-0.39, 0.29) is 11.9 Å². The van der Waals surface area contributed by atoms with Gasteiger partial charge in [0.05, 0.1) is 12.7 Å². The first-order valence-electron chi connectivity index (χ1n) is 6.48. The Morgan fingerprint density at radius 2 is 2.12 bits per heavy atom. The predicted octanol–water partition coefficient (Wildman–Crippen LogP) is 0.639. The van der Waals surface area contributed by atoms with Crippen LogP contribution in [0.25, 0.3) is 0 Å². The van der Waals surface area contributed by atoms with Gasteiger partial charge in [0.2, 0.25) is 5.91 Å². The third kappa shape index (κ3) is 2.38. The third-order valence-corrected chi connectivity index (χ3v) is 3.75. The highest BCUT2D eigenvalue weighted by atomic mass is 16.2. The fourth-order valence-corrected chi connectivity index (χ4v) is 2.70. The molecule has 2 fully saturated rings. The average Bonchev–Trinajstić information content (AvgIpc) is 2.87. The van der Waals surface area contributed by atoms with Crippen molar-refractivity contribution in [2.45, 2.75) is 45.2 Å². The molecule has 2 heterocycles. The Kier molecular flexibility index (Phi) is 3.82. The molecule has 92 valence electrons. The first kappa shape index (κ1) is 11.9. The Morgan fingerprint density at radius 3 is 2.69 bits per heavy atom. The van der Waals surface area contributed by atoms with Gasteiger partial charge in [0, 0.05) is 12.6 Å². The fourth-order valence-electron chi connectivity index (χ4n) is 2.70. The summed E-state index contributed by atoms with van der Waals surface area (Å²) in [6.45, 7) is 8.39. The summed E-state index contributed by atoms with van der Waals surface area (Å²) < 4.78 is 0. The van der Waals surface area contributed by atoms with Crippen molar-refractivity contribution >= 4 is 5.91 Å². The third-order valence-electron chi connectivity index (χ3n) is 3.75. The molecular weight excluding hydrogens is 202 g/mol. The monoisotopic (exact) mass is 225 g/mol. The fraction of sp³-hybridized carbons (Fsp3) is 0.917. The van der Waals surface area contributed by atoms with E-state index in [1.54, 1.807) is 0 Å². The van der Waals surface area contributed by atoms with Gasteiger partial charge in [-0.2, -0.15) is 0 Å². The van der Waals surface area contributed by atoms with Crippen LogP contribution in [0.3, 0.4) is 0 Å². The van der Waals surface area contributed by atoms with Crippen LogP contribution in [0.5, 0.6) is 0 Å². The number of amides is 1. The van der Waals surface area contributed by atoms with Gasteiger partial charge in [-0.1, -0.05) is 6.92 Å². The first-order chi connectivity index (χ1) is 7.72. The second-order valence-corrected chi connectivity index (χ2v) is 4.99. The number of nitrogens with one attached hydrogen (secondary N) is 1. The molecule has 4 nitrogen and oxygen atoms in total. The maximum Gasteiger partial charge on any atom is 0.241 e. The average molecular weight is 225 g/mol. The van der Waals surface area contributed by atoms with E-state index in [4.69, 9.17) is 0 Å². The summed E-state index contributed by atoms with van der Waals surface area (Å²) >= 11 is 0. The van der Waals surface area contributed by atoms with Crippen molar-refractivity contribution in [3.05, 3.63) is 0 Å². The normalized spacial score (nSPS) is 29.0. The molecule has 0 aliphatic carbocycles. The number of carbonyl (C=O) groups is 1. The molecular formula is C12H23N3O. The molecule has 1 amide bonds. The van der Waals surface area contributed by atoms with Crippen LogP contribution in [-0.2, 0) is 4.79 Å². The van der Waals surface area contributed by atoms with Gasteiger partial charge >= 0.3 is 0 Å². The molecule has 2 rings (SSSR count). The van der Waals surface area contributed by atoms with Gasteiger partial charge in [0.15, 0.2) is 0 Å². The number of rotatable bonds is 4. The van der Waals surface area contributed by atoms with E-state index >= 15 is 0 Å². The van der Waals surface area contributed by atoms with Crippen molar-refractivity contribution in [3.63, 3.8) is 0 Å². The Bertz CT molecular complexity index is 251. The molecule has 0 aromatic carbocycles. The van der Waals surface area contributed by atoms with E-state index in [9.17, 15) is 4.79 Å². The van der Waals surface area contributed by atoms with Crippen molar-refractivity contribution in [3.8, 4) is 0 Å². The van der Waals surface area contributed by atoms with E-state index in [0.717, 1.165) is 19.6 Å². The summed E-state index contributed by atoms with van der Waals surface area (Å²) in [4.78, 5) is 16.5. The Labute approximate surface area is 98.0 Å². The maximum absolute atomic E-state index is 12.0. The van der Waals surface area contributed by atoms with Gasteiger partial charge in [-0.15, -0.1) is 0 Å². The van der Waals surface area contributed by atoms with Gasteiger partial charge < -0.3 is 9.80 Å². The number of nitrogens with zero attached hydrogens (tertiary/aromatic N) is 2. The molecule has 0 saturated carbocycles. The Balaban J connectivity index is 1.85. The molecule has 2 aliphatic rings. The minimum Gasteiger partial charge on any atom is -0.325 e. The summed E-state index contributed by atoms with van der Waals surface area (Å²) in [5.74, 6) is 0.286. The number of likely N-dealkylation sites (tertiary alicyclic amines) is 1. The minimum atomic E-state index is 0.0565. The second kappa shape index (κ2) is 5.15. The smallest absolute Gasteiger partial charge is 0.241 e. The van der Waals surface area contributed by atoms with Crippen LogP contribution in [0.4, 0.5) is 0 Å². The lowest BCUT2D eigenvalue weighted by atomic mass is 10.2. The minimum absolute atomic E-state index is 0.0565. The van der Waals surface area contributed by atoms with Crippen molar-refractivity contribution in [2.24, 2.45) is 0 Å². The highest BCUT2D eigenvalue weighted by Gasteiger charge is 2.33. The lowest BCUT2D eigenvalue weighted by molar-refractivity contribution is -0.130. The number of carbonyl (C=O) groups excluding carboxylic acids is 1. The van der Waals surface area contributed by atoms with Crippen LogP contribution in [0.2, 0.25) is 0 Å². The summed E-state index contributed by atoms with van der Waals surface area (Å²) in [6.07, 6.45) is 3.53. The van der Waals surface area contributed by atoms with Crippen LogP contribution in [0.15, 0.2) is 0 Å². The van der Waals surface area contributed by atoms with E-state index < -0.39 is 0 Å². The molecule has 2 aliphatic heterocycles. The van der Waals surface area contributed by atoms with Gasteiger partial charge in [-0.3, -0.25) is 10.1 Å². The summed E-state index contributed by atoms with van der Waals surface area (Å²) in [6, 6.07) is 0.399. The molecule has 0 aromatic heterocycles. The summed E-state index contributed by atoms with van der Waals surface area (Å²) in [5, 5.41) is 3.27. The van der Waals surface area contributed by atoms with Crippen LogP contribution in [0, 0.1) is 0 Å². The second-order valence-electron chi connectivity index (χ2n) is 4.99. The molecule has 1 N–H and O–H groups in total. The molecule has 0 spiro atoms. The van der Waals surface area contributed by atoms with Crippen LogP contribution in [0.1, 0.15) is 33.1 Å². The molecule has 2 saturated heterocycles. The first-order valence-corrected chi connectivity index (χ1v) is 6.48. The summed E-state index contributed by atoms with van der Waals surface area (Å²) in [7, 11) is 0. The molecule has 2 atom stereocenters. The van der Waals surface area contributed by atoms with E-state index in [2.05, 4.69) is 24.1 Å². The zero-order valence-electron chi connectivity index (χ0n) is 10.4. The van der Waals surface area contributed by atoms with Gasteiger partial charge in [-0.05, 0) is 39.3 Å². The lowest BCUT2D eigenvalue weighted by Crippen LogP contribution is -2.43. The zero-order valence-corrected chi connectivity index (χ0v) is 10.4. The van der Waals surface area contributed by atoms with Gasteiger partial charge in [-0.25, -0.2) is 0 Å². The Morgan fingerprint density at radius 1 is 1.44 bits per heavy atom.